The molecule has 0 aliphatic carbocycles. The Hall–Kier alpha value is -2.00. The van der Waals surface area contributed by atoms with Gasteiger partial charge < -0.3 is 6.42 Å². The Morgan fingerprint density at radius 1 is 0.475 bits per heavy atom. The largest absolute Gasteiger partial charge is 0.366 e. The van der Waals surface area contributed by atoms with Gasteiger partial charge >= 0.3 is 0 Å². The molecule has 0 N–H and O–H groups in total. The first-order chi connectivity index (χ1) is 18.5. The van der Waals surface area contributed by atoms with Crippen molar-refractivity contribution in [3.8, 4) is 5.92 Å². The minimum absolute atomic E-state index is 0. The summed E-state index contributed by atoms with van der Waals surface area (Å²) < 4.78 is 0. The average Bonchev–Trinajstić information content (AvgIpc) is 2.90. The predicted octanol–water partition coefficient (Wildman–Crippen LogP) is 8.81. The van der Waals surface area contributed by atoms with Crippen LogP contribution in [0.15, 0.2) is 121 Å². The van der Waals surface area contributed by atoms with Crippen LogP contribution in [0.25, 0.3) is 0 Å². The van der Waals surface area contributed by atoms with Gasteiger partial charge in [-0.3, -0.25) is 5.92 Å². The number of rotatable bonds is 9. The van der Waals surface area contributed by atoms with Gasteiger partial charge in [0.15, 0.2) is 0 Å². The summed E-state index contributed by atoms with van der Waals surface area (Å²) in [6.07, 6.45) is 6.69. The van der Waals surface area contributed by atoms with E-state index < -0.39 is 30.1 Å². The molecule has 0 amide bonds. The second-order valence-electron chi connectivity index (χ2n) is 12.5. The summed E-state index contributed by atoms with van der Waals surface area (Å²) in [6, 6.07) is 47.4. The summed E-state index contributed by atoms with van der Waals surface area (Å²) in [5, 5.41) is 0. The summed E-state index contributed by atoms with van der Waals surface area (Å²) in [5.41, 5.74) is 5.52. The number of hydrogen-bond acceptors (Lipinski definition) is 0. The van der Waals surface area contributed by atoms with E-state index in [4.69, 9.17) is 6.42 Å². The van der Waals surface area contributed by atoms with Crippen molar-refractivity contribution in [1.29, 1.82) is 0 Å². The topological polar surface area (TPSA) is 0 Å². The first kappa shape index (κ1) is 34.2. The Balaban J connectivity index is 0.000000535. The third-order valence-electron chi connectivity index (χ3n) is 7.42. The number of hydrogen-bond donors (Lipinski definition) is 0. The van der Waals surface area contributed by atoms with Crippen molar-refractivity contribution in [3.05, 3.63) is 150 Å². The summed E-state index contributed by atoms with van der Waals surface area (Å²) in [6.45, 7) is 16.5. The molecule has 4 aromatic rings. The summed E-state index contributed by atoms with van der Waals surface area (Å²) in [7, 11) is -4.73. The molecule has 0 bridgehead atoms. The quantitative estimate of drug-likeness (QED) is 0.0908. The molecule has 0 aromatic heterocycles. The van der Waals surface area contributed by atoms with Crippen LogP contribution in [0.5, 0.6) is 0 Å². The van der Waals surface area contributed by atoms with Crippen LogP contribution in [0, 0.1) is 12.3 Å². The van der Waals surface area contributed by atoms with Crippen molar-refractivity contribution in [1.82, 2.24) is 0 Å². The van der Waals surface area contributed by atoms with E-state index in [1.165, 1.54) is 18.1 Å². The van der Waals surface area contributed by atoms with Gasteiger partial charge in [-0.05, 0) is 18.1 Å². The van der Waals surface area contributed by atoms with Crippen LogP contribution in [0.2, 0.25) is 39.3 Å². The maximum atomic E-state index is 6.69. The van der Waals surface area contributed by atoms with Crippen LogP contribution in [0.3, 0.4) is 0 Å². The molecule has 0 atom stereocenters. The van der Waals surface area contributed by atoms with Gasteiger partial charge in [-0.1, -0.05) is 165 Å². The van der Waals surface area contributed by atoms with Crippen LogP contribution in [0.4, 0.5) is 0 Å². The fraction of sp³-hybridized carbons (Fsp3) is 0.257. The molecule has 4 aromatic carbocycles. The van der Waals surface area contributed by atoms with E-state index in [0.717, 1.165) is 5.56 Å². The molecule has 0 nitrogen and oxygen atoms in total. The first-order valence-electron chi connectivity index (χ1n) is 14.0. The SMILES string of the molecule is C[Si](C)(Cc1ccccc1)[Si]([Si](C)(C)Cc1ccccc1)[Si](C)(C)Cc1ccccc1.[C-]#Cc1ccccc1.[Pt]. The molecule has 0 aliphatic rings. The standard InChI is InChI=1S/C27H39Si4.C8H5.Pt/c1-29(2,22-25-16-10-7-11-17-25)28(30(3,4)23-26-18-12-8-13-19-26)31(5,6)24-27-20-14-9-15-21-27;1-2-8-6-4-3-5-7-8;/h7-21H,22-24H2,1-6H3;3-7H;/q;-1;. The van der Waals surface area contributed by atoms with Crippen molar-refractivity contribution in [2.24, 2.45) is 0 Å². The van der Waals surface area contributed by atoms with Crippen LogP contribution < -0.4 is 0 Å². The van der Waals surface area contributed by atoms with E-state index in [9.17, 15) is 0 Å². The number of benzene rings is 4. The van der Waals surface area contributed by atoms with Gasteiger partial charge in [-0.2, -0.15) is 0 Å². The third-order valence-corrected chi connectivity index (χ3v) is 65.7. The van der Waals surface area contributed by atoms with Gasteiger partial charge in [0.2, 0.25) is 0 Å². The molecule has 0 saturated carbocycles. The Bertz CT molecular complexity index is 1170. The predicted molar refractivity (Wildman–Crippen MR) is 181 cm³/mol. The molecule has 0 saturated heterocycles. The van der Waals surface area contributed by atoms with Crippen LogP contribution in [-0.2, 0) is 39.2 Å². The van der Waals surface area contributed by atoms with E-state index in [1.807, 2.05) is 30.3 Å². The van der Waals surface area contributed by atoms with Gasteiger partial charge in [0.05, 0.1) is 0 Å². The second kappa shape index (κ2) is 15.8. The Kier molecular flexibility index (Phi) is 13.6. The molecule has 0 aliphatic heterocycles. The summed E-state index contributed by atoms with van der Waals surface area (Å²) in [4.78, 5) is 0. The fourth-order valence-corrected chi connectivity index (χ4v) is 90.8. The van der Waals surface area contributed by atoms with Crippen molar-refractivity contribution < 1.29 is 21.1 Å². The molecular formula is C35H44PtSi4-. The minimum atomic E-state index is -1.43. The van der Waals surface area contributed by atoms with Crippen molar-refractivity contribution in [3.63, 3.8) is 0 Å². The molecule has 1 radical (unpaired) electrons. The van der Waals surface area contributed by atoms with E-state index in [0.29, 0.717) is 0 Å². The van der Waals surface area contributed by atoms with Gasteiger partial charge in [0.1, 0.15) is 0 Å². The molecule has 4 rings (SSSR count). The normalized spacial score (nSPS) is 11.6. The summed E-state index contributed by atoms with van der Waals surface area (Å²) in [5.74, 6) is 2.28. The molecule has 0 fully saturated rings. The molecule has 40 heavy (non-hydrogen) atoms. The van der Waals surface area contributed by atoms with Crippen molar-refractivity contribution in [2.45, 2.75) is 57.4 Å². The Morgan fingerprint density at radius 3 is 0.950 bits per heavy atom. The van der Waals surface area contributed by atoms with E-state index >= 15 is 0 Å². The van der Waals surface area contributed by atoms with Crippen LogP contribution in [0.1, 0.15) is 22.3 Å². The zero-order valence-corrected chi connectivity index (χ0v) is 31.3. The van der Waals surface area contributed by atoms with Gasteiger partial charge in [-0.15, -0.1) is 17.7 Å². The fourth-order valence-electron chi connectivity index (χ4n) is 6.85. The molecule has 0 heterocycles. The molecule has 211 valence electrons. The average molecular weight is 772 g/mol. The van der Waals surface area contributed by atoms with Crippen molar-refractivity contribution >= 4 is 30.1 Å². The second-order valence-corrected chi connectivity index (χ2v) is 46.8. The monoisotopic (exact) mass is 771 g/mol. The molecular weight excluding hydrogens is 728 g/mol. The zero-order chi connectivity index (χ0) is 28.4. The third kappa shape index (κ3) is 10.4. The zero-order valence-electron chi connectivity index (χ0n) is 25.0. The van der Waals surface area contributed by atoms with E-state index in [-0.39, 0.29) is 21.1 Å². The first-order valence-corrected chi connectivity index (χ1v) is 28.1. The Morgan fingerprint density at radius 2 is 0.725 bits per heavy atom. The minimum Gasteiger partial charge on any atom is -0.366 e. The Labute approximate surface area is 262 Å². The molecule has 5 heteroatoms. The maximum Gasteiger partial charge on any atom is 0.0383 e. The van der Waals surface area contributed by atoms with Gasteiger partial charge in [0, 0.05) is 51.2 Å². The van der Waals surface area contributed by atoms with E-state index in [2.05, 4.69) is 136 Å². The van der Waals surface area contributed by atoms with Gasteiger partial charge in [0.25, 0.3) is 0 Å². The van der Waals surface area contributed by atoms with Crippen LogP contribution in [-0.4, -0.2) is 30.1 Å². The molecule has 0 spiro atoms. The van der Waals surface area contributed by atoms with Gasteiger partial charge in [-0.25, -0.2) is 0 Å². The van der Waals surface area contributed by atoms with Crippen molar-refractivity contribution in [2.75, 3.05) is 0 Å². The summed E-state index contributed by atoms with van der Waals surface area (Å²) >= 11 is 0. The van der Waals surface area contributed by atoms with E-state index in [1.54, 1.807) is 16.7 Å². The van der Waals surface area contributed by atoms with Crippen LogP contribution >= 0.6 is 0 Å². The smallest absolute Gasteiger partial charge is 0.0383 e. The maximum absolute atomic E-state index is 6.69. The molecule has 0 unspecified atom stereocenters.